The molecule has 0 unspecified atom stereocenters. The zero-order chi connectivity index (χ0) is 23.3. The van der Waals surface area contributed by atoms with Gasteiger partial charge in [0.05, 0.1) is 17.6 Å². The molecule has 1 aliphatic heterocycles. The van der Waals surface area contributed by atoms with Gasteiger partial charge in [-0.3, -0.25) is 4.98 Å². The summed E-state index contributed by atoms with van der Waals surface area (Å²) in [6.45, 7) is 3.11. The molecule has 34 heavy (non-hydrogen) atoms. The van der Waals surface area contributed by atoms with Gasteiger partial charge in [-0.05, 0) is 36.6 Å². The van der Waals surface area contributed by atoms with Gasteiger partial charge in [-0.15, -0.1) is 10.2 Å². The van der Waals surface area contributed by atoms with Crippen molar-refractivity contribution in [3.63, 3.8) is 0 Å². The summed E-state index contributed by atoms with van der Waals surface area (Å²) in [5.74, 6) is 0.761. The number of benzene rings is 2. The predicted octanol–water partition coefficient (Wildman–Crippen LogP) is 4.93. The van der Waals surface area contributed by atoms with Crippen LogP contribution in [0.25, 0.3) is 28.6 Å². The molecule has 0 saturated carbocycles. The molecule has 5 rings (SSSR count). The summed E-state index contributed by atoms with van der Waals surface area (Å²) in [6, 6.07) is 19.2. The number of carbonyl (C=O) groups excluding carboxylic acids is 1. The predicted molar refractivity (Wildman–Crippen MR) is 126 cm³/mol. The Kier molecular flexibility index (Phi) is 6.11. The molecule has 1 amide bonds. The molecule has 0 aliphatic carbocycles. The first-order valence-corrected chi connectivity index (χ1v) is 11.1. The summed E-state index contributed by atoms with van der Waals surface area (Å²) < 4.78 is 11.3. The highest BCUT2D eigenvalue weighted by Crippen LogP contribution is 2.27. The topological polar surface area (TPSA) is 94.2 Å². The second-order valence-electron chi connectivity index (χ2n) is 7.93. The Morgan fingerprint density at radius 2 is 1.76 bits per heavy atom. The van der Waals surface area contributed by atoms with Crippen LogP contribution in [0.4, 0.5) is 4.79 Å². The maximum atomic E-state index is 12.4. The van der Waals surface area contributed by atoms with Crippen LogP contribution in [0.3, 0.4) is 0 Å². The van der Waals surface area contributed by atoms with E-state index in [9.17, 15) is 4.79 Å². The molecular weight excluding hydrogens is 430 g/mol. The van der Waals surface area contributed by atoms with E-state index in [4.69, 9.17) is 14.1 Å². The van der Waals surface area contributed by atoms with Crippen molar-refractivity contribution < 1.29 is 13.9 Å². The Morgan fingerprint density at radius 3 is 2.50 bits per heavy atom. The Labute approximate surface area is 197 Å². The highest BCUT2D eigenvalue weighted by Gasteiger charge is 2.22. The standard InChI is InChI=1S/C26H23N5O3/c1-18-23(25-30-29-24(34-25)21-10-6-3-7-11-21)28-22(16-27-18)20-12-14-31(15-13-20)26(32)33-17-19-8-4-2-5-9-19/h2-12,16H,13-15,17H2,1H3. The van der Waals surface area contributed by atoms with Crippen molar-refractivity contribution in [2.75, 3.05) is 13.1 Å². The largest absolute Gasteiger partial charge is 0.445 e. The third kappa shape index (κ3) is 4.71. The Balaban J connectivity index is 1.28. The van der Waals surface area contributed by atoms with Gasteiger partial charge in [-0.2, -0.15) is 0 Å². The molecule has 4 aromatic rings. The molecule has 0 bridgehead atoms. The maximum Gasteiger partial charge on any atom is 0.410 e. The molecule has 0 spiro atoms. The van der Waals surface area contributed by atoms with E-state index >= 15 is 0 Å². The maximum absolute atomic E-state index is 12.4. The lowest BCUT2D eigenvalue weighted by Crippen LogP contribution is -2.35. The van der Waals surface area contributed by atoms with Crippen LogP contribution in [0.1, 0.15) is 23.4 Å². The second-order valence-corrected chi connectivity index (χ2v) is 7.93. The van der Waals surface area contributed by atoms with E-state index in [1.165, 1.54) is 0 Å². The van der Waals surface area contributed by atoms with Crippen molar-refractivity contribution in [1.29, 1.82) is 0 Å². The fraction of sp³-hybridized carbons (Fsp3) is 0.192. The number of ether oxygens (including phenoxy) is 1. The van der Waals surface area contributed by atoms with Crippen LogP contribution < -0.4 is 0 Å². The molecular formula is C26H23N5O3. The molecule has 0 saturated heterocycles. The zero-order valence-electron chi connectivity index (χ0n) is 18.7. The second kappa shape index (κ2) is 9.66. The van der Waals surface area contributed by atoms with Crippen molar-refractivity contribution in [2.24, 2.45) is 0 Å². The highest BCUT2D eigenvalue weighted by molar-refractivity contribution is 5.72. The molecule has 0 radical (unpaired) electrons. The molecule has 2 aromatic carbocycles. The van der Waals surface area contributed by atoms with E-state index in [1.807, 2.05) is 73.7 Å². The number of carbonyl (C=O) groups is 1. The smallest absolute Gasteiger partial charge is 0.410 e. The van der Waals surface area contributed by atoms with Crippen LogP contribution in [0.15, 0.2) is 77.4 Å². The van der Waals surface area contributed by atoms with E-state index in [0.29, 0.717) is 42.7 Å². The minimum Gasteiger partial charge on any atom is -0.445 e. The van der Waals surface area contributed by atoms with Gasteiger partial charge in [0.15, 0.2) is 0 Å². The number of aryl methyl sites for hydroxylation is 1. The van der Waals surface area contributed by atoms with E-state index in [0.717, 1.165) is 22.4 Å². The van der Waals surface area contributed by atoms with Gasteiger partial charge < -0.3 is 14.1 Å². The van der Waals surface area contributed by atoms with Gasteiger partial charge in [0.25, 0.3) is 5.89 Å². The summed E-state index contributed by atoms with van der Waals surface area (Å²) in [6.07, 6.45) is 4.05. The number of hydrogen-bond donors (Lipinski definition) is 0. The average Bonchev–Trinajstić information content (AvgIpc) is 3.39. The highest BCUT2D eigenvalue weighted by atomic mass is 16.6. The first-order chi connectivity index (χ1) is 16.7. The first-order valence-electron chi connectivity index (χ1n) is 11.1. The van der Waals surface area contributed by atoms with E-state index in [-0.39, 0.29) is 12.7 Å². The summed E-state index contributed by atoms with van der Waals surface area (Å²) in [5, 5.41) is 8.34. The molecule has 8 heteroatoms. The lowest BCUT2D eigenvalue weighted by Gasteiger charge is -2.25. The van der Waals surface area contributed by atoms with Gasteiger partial charge in [0.1, 0.15) is 12.3 Å². The van der Waals surface area contributed by atoms with Gasteiger partial charge in [0.2, 0.25) is 5.89 Å². The van der Waals surface area contributed by atoms with Gasteiger partial charge in [-0.1, -0.05) is 54.6 Å². The minimum atomic E-state index is -0.325. The fourth-order valence-corrected chi connectivity index (χ4v) is 3.70. The van der Waals surface area contributed by atoms with Gasteiger partial charge >= 0.3 is 6.09 Å². The van der Waals surface area contributed by atoms with Crippen molar-refractivity contribution >= 4 is 11.7 Å². The molecule has 0 fully saturated rings. The van der Waals surface area contributed by atoms with Crippen LogP contribution in [-0.4, -0.2) is 44.2 Å². The number of nitrogens with zero attached hydrogens (tertiary/aromatic N) is 5. The molecule has 0 atom stereocenters. The quantitative estimate of drug-likeness (QED) is 0.423. The Hall–Kier alpha value is -4.33. The number of rotatable bonds is 5. The van der Waals surface area contributed by atoms with Crippen molar-refractivity contribution in [2.45, 2.75) is 20.0 Å². The van der Waals surface area contributed by atoms with E-state index in [1.54, 1.807) is 11.1 Å². The number of aromatic nitrogens is 4. The number of hydrogen-bond acceptors (Lipinski definition) is 7. The minimum absolute atomic E-state index is 0.259. The third-order valence-corrected chi connectivity index (χ3v) is 5.61. The molecule has 170 valence electrons. The third-order valence-electron chi connectivity index (χ3n) is 5.61. The average molecular weight is 454 g/mol. The van der Waals surface area contributed by atoms with Gasteiger partial charge in [0, 0.05) is 18.7 Å². The van der Waals surface area contributed by atoms with Gasteiger partial charge in [-0.25, -0.2) is 9.78 Å². The summed E-state index contributed by atoms with van der Waals surface area (Å²) >= 11 is 0. The van der Waals surface area contributed by atoms with Crippen LogP contribution in [0, 0.1) is 6.92 Å². The van der Waals surface area contributed by atoms with Crippen molar-refractivity contribution in [3.8, 4) is 23.0 Å². The van der Waals surface area contributed by atoms with Crippen LogP contribution >= 0.6 is 0 Å². The van der Waals surface area contributed by atoms with Crippen LogP contribution in [-0.2, 0) is 11.3 Å². The van der Waals surface area contributed by atoms with E-state index < -0.39 is 0 Å². The lowest BCUT2D eigenvalue weighted by atomic mass is 10.1. The zero-order valence-corrected chi connectivity index (χ0v) is 18.7. The lowest BCUT2D eigenvalue weighted by molar-refractivity contribution is 0.0998. The number of amides is 1. The van der Waals surface area contributed by atoms with Crippen molar-refractivity contribution in [1.82, 2.24) is 25.1 Å². The Morgan fingerprint density at radius 1 is 1.03 bits per heavy atom. The molecule has 3 heterocycles. The fourth-order valence-electron chi connectivity index (χ4n) is 3.70. The summed E-state index contributed by atoms with van der Waals surface area (Å²) in [7, 11) is 0. The molecule has 2 aromatic heterocycles. The van der Waals surface area contributed by atoms with Crippen molar-refractivity contribution in [3.05, 3.63) is 89.9 Å². The monoisotopic (exact) mass is 453 g/mol. The first kappa shape index (κ1) is 21.5. The molecule has 0 N–H and O–H groups in total. The molecule has 1 aliphatic rings. The molecule has 8 nitrogen and oxygen atoms in total. The summed E-state index contributed by atoms with van der Waals surface area (Å²) in [5.41, 5.74) is 4.81. The normalized spacial score (nSPS) is 13.4. The van der Waals surface area contributed by atoms with E-state index in [2.05, 4.69) is 15.2 Å². The summed E-state index contributed by atoms with van der Waals surface area (Å²) in [4.78, 5) is 23.4. The van der Waals surface area contributed by atoms with Crippen LogP contribution in [0.5, 0.6) is 0 Å². The Bertz CT molecular complexity index is 1320. The van der Waals surface area contributed by atoms with Crippen LogP contribution in [0.2, 0.25) is 0 Å². The SMILES string of the molecule is Cc1ncc(C2=CCN(C(=O)OCc3ccccc3)CC2)nc1-c1nnc(-c2ccccc2)o1.